The Morgan fingerprint density at radius 3 is 2.85 bits per heavy atom. The Labute approximate surface area is 121 Å². The molecule has 0 aromatic heterocycles. The Morgan fingerprint density at radius 2 is 2.10 bits per heavy atom. The highest BCUT2D eigenvalue weighted by atomic mass is 16.5. The van der Waals surface area contributed by atoms with Crippen molar-refractivity contribution in [1.82, 2.24) is 4.90 Å². The molecular formula is C17H25NO2. The van der Waals surface area contributed by atoms with E-state index < -0.39 is 0 Å². The van der Waals surface area contributed by atoms with Gasteiger partial charge in [-0.05, 0) is 46.2 Å². The molecule has 110 valence electrons. The summed E-state index contributed by atoms with van der Waals surface area (Å²) in [5.41, 5.74) is 1.05. The lowest BCUT2D eigenvalue weighted by atomic mass is 9.86. The lowest BCUT2D eigenvalue weighted by molar-refractivity contribution is 0.00690. The molecule has 0 radical (unpaired) electrons. The highest BCUT2D eigenvalue weighted by Crippen LogP contribution is 2.45. The monoisotopic (exact) mass is 275 g/mol. The van der Waals surface area contributed by atoms with Crippen molar-refractivity contribution in [2.75, 3.05) is 6.54 Å². The first-order valence-electron chi connectivity index (χ1n) is 7.74. The molecule has 2 atom stereocenters. The molecule has 2 aliphatic heterocycles. The number of rotatable bonds is 1. The Hall–Kier alpha value is -1.22. The average molecular weight is 275 g/mol. The van der Waals surface area contributed by atoms with Gasteiger partial charge in [-0.1, -0.05) is 12.5 Å². The summed E-state index contributed by atoms with van der Waals surface area (Å²) in [5.74, 6) is 1.14. The first-order valence-corrected chi connectivity index (χ1v) is 7.74. The van der Waals surface area contributed by atoms with Crippen LogP contribution in [0.4, 0.5) is 0 Å². The van der Waals surface area contributed by atoms with Crippen molar-refractivity contribution < 1.29 is 9.84 Å². The third kappa shape index (κ3) is 2.51. The molecule has 3 rings (SSSR count). The van der Waals surface area contributed by atoms with Gasteiger partial charge in [-0.2, -0.15) is 0 Å². The zero-order chi connectivity index (χ0) is 14.3. The smallest absolute Gasteiger partial charge is 0.128 e. The maximum atomic E-state index is 9.71. The second-order valence-electron chi connectivity index (χ2n) is 6.89. The van der Waals surface area contributed by atoms with Crippen molar-refractivity contribution in [1.29, 1.82) is 0 Å². The van der Waals surface area contributed by atoms with E-state index in [-0.39, 0.29) is 11.4 Å². The average Bonchev–Trinajstić information content (AvgIpc) is 2.36. The highest BCUT2D eigenvalue weighted by Gasteiger charge is 2.38. The quantitative estimate of drug-likeness (QED) is 0.844. The molecule has 1 fully saturated rings. The number of phenols is 1. The number of piperidine rings is 1. The first kappa shape index (κ1) is 13.7. The molecule has 1 aromatic rings. The van der Waals surface area contributed by atoms with E-state index >= 15 is 0 Å². The van der Waals surface area contributed by atoms with Crippen LogP contribution in [0, 0.1) is 0 Å². The fourth-order valence-corrected chi connectivity index (χ4v) is 3.68. The summed E-state index contributed by atoms with van der Waals surface area (Å²) >= 11 is 0. The van der Waals surface area contributed by atoms with Crippen LogP contribution in [0.5, 0.6) is 11.5 Å². The molecule has 0 bridgehead atoms. The van der Waals surface area contributed by atoms with Crippen molar-refractivity contribution >= 4 is 0 Å². The Morgan fingerprint density at radius 1 is 1.30 bits per heavy atom. The molecule has 3 heteroatoms. The zero-order valence-corrected chi connectivity index (χ0v) is 12.7. The van der Waals surface area contributed by atoms with Gasteiger partial charge in [0.1, 0.15) is 17.1 Å². The third-order valence-electron chi connectivity index (χ3n) is 4.68. The Bertz CT molecular complexity index is 498. The van der Waals surface area contributed by atoms with E-state index in [2.05, 4.69) is 25.7 Å². The topological polar surface area (TPSA) is 32.7 Å². The fraction of sp³-hybridized carbons (Fsp3) is 0.647. The van der Waals surface area contributed by atoms with E-state index in [0.29, 0.717) is 12.1 Å². The van der Waals surface area contributed by atoms with Gasteiger partial charge in [0.25, 0.3) is 0 Å². The van der Waals surface area contributed by atoms with Crippen molar-refractivity contribution in [3.05, 3.63) is 23.8 Å². The number of likely N-dealkylation sites (tertiary alicyclic amines) is 1. The molecule has 2 aliphatic rings. The normalized spacial score (nSPS) is 29.6. The number of benzene rings is 1. The molecule has 20 heavy (non-hydrogen) atoms. The summed E-state index contributed by atoms with van der Waals surface area (Å²) in [7, 11) is 0. The SMILES string of the molecule is CC1CCCCN1C1CC(C)(C)Oc2cc(O)ccc21. The lowest BCUT2D eigenvalue weighted by Crippen LogP contribution is -2.46. The van der Waals surface area contributed by atoms with Crippen LogP contribution in [-0.4, -0.2) is 28.2 Å². The summed E-state index contributed by atoms with van der Waals surface area (Å²) in [4.78, 5) is 2.63. The van der Waals surface area contributed by atoms with Crippen LogP contribution in [0.1, 0.15) is 58.1 Å². The second-order valence-corrected chi connectivity index (χ2v) is 6.89. The van der Waals surface area contributed by atoms with Crippen LogP contribution in [0.2, 0.25) is 0 Å². The van der Waals surface area contributed by atoms with Gasteiger partial charge in [-0.15, -0.1) is 0 Å². The van der Waals surface area contributed by atoms with Crippen molar-refractivity contribution in [2.45, 2.75) is 64.1 Å². The maximum absolute atomic E-state index is 9.71. The van der Waals surface area contributed by atoms with Crippen molar-refractivity contribution in [2.24, 2.45) is 0 Å². The fourth-order valence-electron chi connectivity index (χ4n) is 3.68. The number of nitrogens with zero attached hydrogens (tertiary/aromatic N) is 1. The van der Waals surface area contributed by atoms with Crippen LogP contribution >= 0.6 is 0 Å². The Kier molecular flexibility index (Phi) is 3.41. The minimum Gasteiger partial charge on any atom is -0.508 e. The number of ether oxygens (including phenoxy) is 1. The van der Waals surface area contributed by atoms with Gasteiger partial charge in [0, 0.05) is 30.1 Å². The van der Waals surface area contributed by atoms with E-state index in [1.54, 1.807) is 12.1 Å². The number of aromatic hydroxyl groups is 1. The molecule has 2 heterocycles. The second kappa shape index (κ2) is 4.96. The van der Waals surface area contributed by atoms with Gasteiger partial charge in [-0.3, -0.25) is 4.90 Å². The number of hydrogen-bond acceptors (Lipinski definition) is 3. The van der Waals surface area contributed by atoms with Gasteiger partial charge in [0.05, 0.1) is 0 Å². The van der Waals surface area contributed by atoms with Crippen LogP contribution in [0.15, 0.2) is 18.2 Å². The van der Waals surface area contributed by atoms with Gasteiger partial charge < -0.3 is 9.84 Å². The lowest BCUT2D eigenvalue weighted by Gasteiger charge is -2.46. The van der Waals surface area contributed by atoms with Gasteiger partial charge >= 0.3 is 0 Å². The largest absolute Gasteiger partial charge is 0.508 e. The van der Waals surface area contributed by atoms with E-state index in [9.17, 15) is 5.11 Å². The van der Waals surface area contributed by atoms with Crippen molar-refractivity contribution in [3.63, 3.8) is 0 Å². The molecule has 0 aliphatic carbocycles. The van der Waals surface area contributed by atoms with Crippen LogP contribution in [0.3, 0.4) is 0 Å². The molecule has 0 amide bonds. The van der Waals surface area contributed by atoms with E-state index in [1.807, 2.05) is 6.07 Å². The summed E-state index contributed by atoms with van der Waals surface area (Å²) in [6.45, 7) is 7.78. The third-order valence-corrected chi connectivity index (χ3v) is 4.68. The van der Waals surface area contributed by atoms with E-state index in [1.165, 1.54) is 31.4 Å². The molecule has 3 nitrogen and oxygen atoms in total. The molecule has 1 saturated heterocycles. The van der Waals surface area contributed by atoms with E-state index in [0.717, 1.165) is 12.2 Å². The maximum Gasteiger partial charge on any atom is 0.128 e. The standard InChI is InChI=1S/C17H25NO2/c1-12-6-4-5-9-18(12)15-11-17(2,3)20-16-10-13(19)7-8-14(15)16/h7-8,10,12,15,19H,4-6,9,11H2,1-3H3. The summed E-state index contributed by atoms with van der Waals surface area (Å²) < 4.78 is 6.07. The van der Waals surface area contributed by atoms with Crippen LogP contribution < -0.4 is 4.74 Å². The first-order chi connectivity index (χ1) is 9.46. The van der Waals surface area contributed by atoms with Crippen LogP contribution in [-0.2, 0) is 0 Å². The Balaban J connectivity index is 1.98. The van der Waals surface area contributed by atoms with Crippen molar-refractivity contribution in [3.8, 4) is 11.5 Å². The number of hydrogen-bond donors (Lipinski definition) is 1. The predicted molar refractivity (Wildman–Crippen MR) is 80.2 cm³/mol. The van der Waals surface area contributed by atoms with Gasteiger partial charge in [-0.25, -0.2) is 0 Å². The molecule has 0 spiro atoms. The molecule has 1 N–H and O–H groups in total. The summed E-state index contributed by atoms with van der Waals surface area (Å²) in [6, 6.07) is 6.61. The van der Waals surface area contributed by atoms with Gasteiger partial charge in [0.15, 0.2) is 0 Å². The molecular weight excluding hydrogens is 250 g/mol. The minimum absolute atomic E-state index is 0.178. The predicted octanol–water partition coefficient (Wildman–Crippen LogP) is 3.87. The van der Waals surface area contributed by atoms with E-state index in [4.69, 9.17) is 4.74 Å². The number of fused-ring (bicyclic) bond motifs is 1. The molecule has 1 aromatic carbocycles. The summed E-state index contributed by atoms with van der Waals surface area (Å²) in [5, 5.41) is 9.71. The van der Waals surface area contributed by atoms with Crippen LogP contribution in [0.25, 0.3) is 0 Å². The highest BCUT2D eigenvalue weighted by molar-refractivity contribution is 5.44. The molecule has 2 unspecified atom stereocenters. The zero-order valence-electron chi connectivity index (χ0n) is 12.7. The van der Waals surface area contributed by atoms with Gasteiger partial charge in [0.2, 0.25) is 0 Å². The summed E-state index contributed by atoms with van der Waals surface area (Å²) in [6.07, 6.45) is 4.92. The minimum atomic E-state index is -0.178. The molecule has 0 saturated carbocycles. The number of phenolic OH excluding ortho intramolecular Hbond substituents is 1.